The minimum absolute atomic E-state index is 0.1000. The summed E-state index contributed by atoms with van der Waals surface area (Å²) in [4.78, 5) is 46.6. The maximum Gasteiger partial charge on any atom is 0.304 e. The second-order valence-corrected chi connectivity index (χ2v) is 12.9. The smallest absolute Gasteiger partial charge is 0.304 e. The van der Waals surface area contributed by atoms with Gasteiger partial charge in [-0.2, -0.15) is 11.8 Å². The number of piperidine rings is 1. The van der Waals surface area contributed by atoms with Crippen LogP contribution in [0.25, 0.3) is 11.3 Å². The molecule has 0 unspecified atom stereocenters. The highest BCUT2D eigenvalue weighted by atomic mass is 32.2. The molecule has 9 nitrogen and oxygen atoms in total. The van der Waals surface area contributed by atoms with Gasteiger partial charge in [-0.05, 0) is 85.0 Å². The summed E-state index contributed by atoms with van der Waals surface area (Å²) in [7, 11) is 3.98. The molecule has 0 aliphatic carbocycles. The van der Waals surface area contributed by atoms with Gasteiger partial charge in [0.15, 0.2) is 0 Å². The molecule has 0 atom stereocenters. The first-order chi connectivity index (χ1) is 22.8. The van der Waals surface area contributed by atoms with Crippen LogP contribution in [0.2, 0.25) is 0 Å². The van der Waals surface area contributed by atoms with Gasteiger partial charge in [0.25, 0.3) is 11.8 Å². The topological polar surface area (TPSA) is 115 Å². The Kier molecular flexibility index (Phi) is 11.5. The maximum absolute atomic E-state index is 13.5. The summed E-state index contributed by atoms with van der Waals surface area (Å²) in [5, 5.41) is 15.0. The first-order valence-corrected chi connectivity index (χ1v) is 17.0. The number of aromatic nitrogens is 1. The van der Waals surface area contributed by atoms with E-state index in [9.17, 15) is 14.4 Å². The van der Waals surface area contributed by atoms with Gasteiger partial charge < -0.3 is 25.5 Å². The van der Waals surface area contributed by atoms with Gasteiger partial charge in [-0.15, -0.1) is 0 Å². The summed E-state index contributed by atoms with van der Waals surface area (Å²) in [6.45, 7) is 2.33. The van der Waals surface area contributed by atoms with Gasteiger partial charge in [0, 0.05) is 79.5 Å². The molecule has 5 rings (SSSR count). The zero-order chi connectivity index (χ0) is 33.2. The summed E-state index contributed by atoms with van der Waals surface area (Å²) in [5.41, 5.74) is 7.00. The maximum atomic E-state index is 13.5. The standard InChI is InChI=1S/C37H41N5O4S/c1-41(2)30-11-9-26(10-12-30)24-39-36(45)29-15-17-38-34(22-29)32-23-31(42-18-4-3-5-19-42)13-14-33(32)40-37(46)28-8-6-7-27(21-28)25-47-20-16-35(43)44/h6-15,17,21-23H,3-5,16,18-20,24-25H2,1-2H3,(H,39,45)(H,40,46)(H,43,44). The Hall–Kier alpha value is -4.83. The van der Waals surface area contributed by atoms with Crippen molar-refractivity contribution in [3.63, 3.8) is 0 Å². The Labute approximate surface area is 280 Å². The first-order valence-electron chi connectivity index (χ1n) is 15.9. The Morgan fingerprint density at radius 1 is 0.872 bits per heavy atom. The lowest BCUT2D eigenvalue weighted by Crippen LogP contribution is -2.29. The minimum Gasteiger partial charge on any atom is -0.481 e. The number of hydrogen-bond donors (Lipinski definition) is 3. The normalized spacial score (nSPS) is 12.8. The number of carbonyl (C=O) groups is 3. The molecule has 4 aromatic rings. The van der Waals surface area contributed by atoms with Gasteiger partial charge in [-0.25, -0.2) is 0 Å². The summed E-state index contributed by atoms with van der Waals surface area (Å²) >= 11 is 1.52. The number of aliphatic carboxylic acids is 1. The molecule has 0 spiro atoms. The summed E-state index contributed by atoms with van der Waals surface area (Å²) < 4.78 is 0. The van der Waals surface area contributed by atoms with E-state index in [1.165, 1.54) is 18.2 Å². The van der Waals surface area contributed by atoms with E-state index in [1.807, 2.05) is 79.7 Å². The van der Waals surface area contributed by atoms with Gasteiger partial charge in [0.2, 0.25) is 0 Å². The van der Waals surface area contributed by atoms with E-state index >= 15 is 0 Å². The molecule has 1 saturated heterocycles. The number of hydrogen-bond acceptors (Lipinski definition) is 7. The second-order valence-electron chi connectivity index (χ2n) is 11.8. The van der Waals surface area contributed by atoms with E-state index < -0.39 is 5.97 Å². The van der Waals surface area contributed by atoms with Crippen molar-refractivity contribution in [2.24, 2.45) is 0 Å². The van der Waals surface area contributed by atoms with E-state index in [4.69, 9.17) is 5.11 Å². The van der Waals surface area contributed by atoms with E-state index in [0.29, 0.717) is 40.6 Å². The zero-order valence-electron chi connectivity index (χ0n) is 26.9. The number of carboxylic acids is 1. The number of nitrogens with one attached hydrogen (secondary N) is 2. The lowest BCUT2D eigenvalue weighted by atomic mass is 10.0. The highest BCUT2D eigenvalue weighted by Crippen LogP contribution is 2.33. The molecule has 3 N–H and O–H groups in total. The number of benzene rings is 3. The summed E-state index contributed by atoms with van der Waals surface area (Å²) in [5.74, 6) is -0.166. The van der Waals surface area contributed by atoms with Crippen molar-refractivity contribution in [3.05, 3.63) is 107 Å². The predicted octanol–water partition coefficient (Wildman–Crippen LogP) is 6.70. The van der Waals surface area contributed by atoms with Crippen LogP contribution in [0.4, 0.5) is 17.1 Å². The third-order valence-electron chi connectivity index (χ3n) is 8.09. The molecule has 1 aliphatic rings. The van der Waals surface area contributed by atoms with Crippen LogP contribution >= 0.6 is 11.8 Å². The number of pyridine rings is 1. The summed E-state index contributed by atoms with van der Waals surface area (Å²) in [6, 6.07) is 24.9. The van der Waals surface area contributed by atoms with Crippen LogP contribution in [0.3, 0.4) is 0 Å². The highest BCUT2D eigenvalue weighted by Gasteiger charge is 2.18. The van der Waals surface area contributed by atoms with Crippen LogP contribution in [0.15, 0.2) is 85.1 Å². The van der Waals surface area contributed by atoms with Crippen molar-refractivity contribution in [1.29, 1.82) is 0 Å². The first kappa shape index (κ1) is 33.5. The van der Waals surface area contributed by atoms with Crippen molar-refractivity contribution in [2.45, 2.75) is 38.0 Å². The lowest BCUT2D eigenvalue weighted by Gasteiger charge is -2.29. The molecule has 0 saturated carbocycles. The molecule has 0 radical (unpaired) electrons. The molecule has 10 heteroatoms. The monoisotopic (exact) mass is 651 g/mol. The van der Waals surface area contributed by atoms with Crippen LogP contribution in [-0.2, 0) is 17.1 Å². The molecule has 1 aliphatic heterocycles. The molecule has 2 heterocycles. The minimum atomic E-state index is -0.820. The van der Waals surface area contributed by atoms with Crippen LogP contribution < -0.4 is 20.4 Å². The van der Waals surface area contributed by atoms with Gasteiger partial charge >= 0.3 is 5.97 Å². The second kappa shape index (κ2) is 16.1. The van der Waals surface area contributed by atoms with E-state index in [-0.39, 0.29) is 18.2 Å². The fraction of sp³-hybridized carbons (Fsp3) is 0.297. The number of carbonyl (C=O) groups excluding carboxylic acids is 2. The predicted molar refractivity (Wildman–Crippen MR) is 190 cm³/mol. The molecule has 0 bridgehead atoms. The van der Waals surface area contributed by atoms with Crippen LogP contribution in [0.5, 0.6) is 0 Å². The van der Waals surface area contributed by atoms with Gasteiger partial charge in [-0.1, -0.05) is 24.3 Å². The zero-order valence-corrected chi connectivity index (χ0v) is 27.7. The van der Waals surface area contributed by atoms with E-state index in [1.54, 1.807) is 24.4 Å². The van der Waals surface area contributed by atoms with Crippen molar-refractivity contribution in [3.8, 4) is 11.3 Å². The molecular weight excluding hydrogens is 611 g/mol. The summed E-state index contributed by atoms with van der Waals surface area (Å²) in [6.07, 6.45) is 5.20. The number of carboxylic acid groups (broad SMARTS) is 1. The largest absolute Gasteiger partial charge is 0.481 e. The number of nitrogens with zero attached hydrogens (tertiary/aromatic N) is 3. The molecule has 47 heavy (non-hydrogen) atoms. The Morgan fingerprint density at radius 3 is 2.38 bits per heavy atom. The van der Waals surface area contributed by atoms with Crippen LogP contribution in [0.1, 0.15) is 57.5 Å². The van der Waals surface area contributed by atoms with Crippen molar-refractivity contribution >= 4 is 46.6 Å². The van der Waals surface area contributed by atoms with Crippen molar-refractivity contribution < 1.29 is 19.5 Å². The Bertz CT molecular complexity index is 1700. The molecule has 3 aromatic carbocycles. The third kappa shape index (κ3) is 9.36. The van der Waals surface area contributed by atoms with Crippen molar-refractivity contribution in [1.82, 2.24) is 10.3 Å². The van der Waals surface area contributed by atoms with Crippen molar-refractivity contribution in [2.75, 3.05) is 48.1 Å². The average molecular weight is 652 g/mol. The SMILES string of the molecule is CN(C)c1ccc(CNC(=O)c2ccnc(-c3cc(N4CCCCC4)ccc3NC(=O)c3cccc(CSCCC(=O)O)c3)c2)cc1. The fourth-order valence-corrected chi connectivity index (χ4v) is 6.34. The number of thioether (sulfide) groups is 1. The quantitative estimate of drug-likeness (QED) is 0.137. The average Bonchev–Trinajstić information content (AvgIpc) is 3.10. The molecule has 2 amide bonds. The fourth-order valence-electron chi connectivity index (χ4n) is 5.46. The number of anilines is 3. The van der Waals surface area contributed by atoms with Crippen LogP contribution in [0, 0.1) is 0 Å². The van der Waals surface area contributed by atoms with Crippen LogP contribution in [-0.4, -0.2) is 60.8 Å². The Balaban J connectivity index is 1.36. The molecule has 1 aromatic heterocycles. The van der Waals surface area contributed by atoms with Gasteiger partial charge in [0.05, 0.1) is 17.8 Å². The van der Waals surface area contributed by atoms with E-state index in [2.05, 4.69) is 20.5 Å². The third-order valence-corrected chi connectivity index (χ3v) is 9.12. The molecule has 244 valence electrons. The highest BCUT2D eigenvalue weighted by molar-refractivity contribution is 7.98. The molecular formula is C37H41N5O4S. The number of rotatable bonds is 13. The Morgan fingerprint density at radius 2 is 1.64 bits per heavy atom. The molecule has 1 fully saturated rings. The lowest BCUT2D eigenvalue weighted by molar-refractivity contribution is -0.136. The van der Waals surface area contributed by atoms with Gasteiger partial charge in [-0.3, -0.25) is 19.4 Å². The number of amides is 2. The van der Waals surface area contributed by atoms with E-state index in [0.717, 1.165) is 54.0 Å². The van der Waals surface area contributed by atoms with Gasteiger partial charge in [0.1, 0.15) is 0 Å².